The molecule has 0 aliphatic carbocycles. The Morgan fingerprint density at radius 3 is 2.89 bits per heavy atom. The molecule has 1 aromatic rings. The van der Waals surface area contributed by atoms with Gasteiger partial charge in [0.1, 0.15) is 11.5 Å². The summed E-state index contributed by atoms with van der Waals surface area (Å²) in [6.45, 7) is 4.63. The highest BCUT2D eigenvalue weighted by Crippen LogP contribution is 2.26. The average Bonchev–Trinajstić information content (AvgIpc) is 2.34. The summed E-state index contributed by atoms with van der Waals surface area (Å²) >= 11 is 3.50. The quantitative estimate of drug-likeness (QED) is 0.859. The first-order chi connectivity index (χ1) is 8.60. The summed E-state index contributed by atoms with van der Waals surface area (Å²) in [7, 11) is 1.66. The highest BCUT2D eigenvalue weighted by Gasteiger charge is 2.23. The largest absolute Gasteiger partial charge is 0.496 e. The number of rotatable bonds is 3. The van der Waals surface area contributed by atoms with Crippen molar-refractivity contribution in [2.24, 2.45) is 5.92 Å². The number of methoxy groups -OCH3 is 1. The van der Waals surface area contributed by atoms with E-state index in [2.05, 4.69) is 33.0 Å². The highest BCUT2D eigenvalue weighted by atomic mass is 79.9. The molecule has 3 nitrogen and oxygen atoms in total. The molecule has 0 bridgehead atoms. The Morgan fingerprint density at radius 2 is 2.28 bits per heavy atom. The van der Waals surface area contributed by atoms with Crippen LogP contribution in [0.5, 0.6) is 5.75 Å². The summed E-state index contributed by atoms with van der Waals surface area (Å²) in [5.74, 6) is 1.41. The number of halogens is 1. The van der Waals surface area contributed by atoms with Crippen molar-refractivity contribution in [1.82, 2.24) is 4.90 Å². The molecule has 1 atom stereocenters. The number of benzene rings is 1. The second-order valence-electron chi connectivity index (χ2n) is 4.82. The first-order valence-electron chi connectivity index (χ1n) is 6.17. The second kappa shape index (κ2) is 5.85. The Balaban J connectivity index is 2.01. The van der Waals surface area contributed by atoms with Crippen LogP contribution in [-0.2, 0) is 11.3 Å². The standard InChI is InChI=1S/C14H18BrNO2/c1-10-8-16(6-5-13(10)17)9-11-3-4-14(18-2)12(15)7-11/h3-4,7,10H,5-6,8-9H2,1-2H3. The van der Waals surface area contributed by atoms with Crippen LogP contribution in [0.4, 0.5) is 0 Å². The van der Waals surface area contributed by atoms with Crippen LogP contribution in [0.1, 0.15) is 18.9 Å². The molecule has 1 heterocycles. The van der Waals surface area contributed by atoms with Gasteiger partial charge in [0.2, 0.25) is 0 Å². The van der Waals surface area contributed by atoms with E-state index in [0.717, 1.165) is 29.9 Å². The fourth-order valence-corrected chi connectivity index (χ4v) is 2.89. The molecule has 0 aromatic heterocycles. The number of hydrogen-bond acceptors (Lipinski definition) is 3. The molecule has 98 valence electrons. The average molecular weight is 312 g/mol. The molecule has 1 saturated heterocycles. The Kier molecular flexibility index (Phi) is 4.40. The van der Waals surface area contributed by atoms with E-state index in [1.165, 1.54) is 5.56 Å². The third kappa shape index (κ3) is 3.12. The van der Waals surface area contributed by atoms with Crippen molar-refractivity contribution < 1.29 is 9.53 Å². The van der Waals surface area contributed by atoms with E-state index in [0.29, 0.717) is 12.2 Å². The molecule has 0 saturated carbocycles. The highest BCUT2D eigenvalue weighted by molar-refractivity contribution is 9.10. The Bertz CT molecular complexity index is 447. The van der Waals surface area contributed by atoms with Crippen molar-refractivity contribution in [1.29, 1.82) is 0 Å². The number of Topliss-reactive ketones (excluding diaryl/α,β-unsaturated/α-hetero) is 1. The summed E-state index contributed by atoms with van der Waals surface area (Å²) in [6, 6.07) is 6.13. The van der Waals surface area contributed by atoms with Crippen LogP contribution >= 0.6 is 15.9 Å². The molecule has 0 N–H and O–H groups in total. The summed E-state index contributed by atoms with van der Waals surface area (Å²) in [5, 5.41) is 0. The van der Waals surface area contributed by atoms with Gasteiger partial charge >= 0.3 is 0 Å². The SMILES string of the molecule is COc1ccc(CN2CCC(=O)C(C)C2)cc1Br. The van der Waals surface area contributed by atoms with E-state index < -0.39 is 0 Å². The molecule has 18 heavy (non-hydrogen) atoms. The normalized spacial score (nSPS) is 21.1. The van der Waals surface area contributed by atoms with Crippen LogP contribution in [0.25, 0.3) is 0 Å². The Morgan fingerprint density at radius 1 is 1.50 bits per heavy atom. The Hall–Kier alpha value is -0.870. The topological polar surface area (TPSA) is 29.5 Å². The monoisotopic (exact) mass is 311 g/mol. The van der Waals surface area contributed by atoms with Crippen molar-refractivity contribution in [3.63, 3.8) is 0 Å². The smallest absolute Gasteiger partial charge is 0.138 e. The lowest BCUT2D eigenvalue weighted by atomic mass is 9.98. The number of ketones is 1. The number of carbonyl (C=O) groups excluding carboxylic acids is 1. The zero-order valence-electron chi connectivity index (χ0n) is 10.8. The van der Waals surface area contributed by atoms with Gasteiger partial charge < -0.3 is 4.74 Å². The molecule has 0 radical (unpaired) electrons. The lowest BCUT2D eigenvalue weighted by Gasteiger charge is -2.30. The fourth-order valence-electron chi connectivity index (χ4n) is 2.31. The maximum absolute atomic E-state index is 11.5. The number of piperidine rings is 1. The van der Waals surface area contributed by atoms with Crippen molar-refractivity contribution in [2.45, 2.75) is 19.9 Å². The molecule has 1 fully saturated rings. The van der Waals surface area contributed by atoms with Crippen LogP contribution < -0.4 is 4.74 Å². The van der Waals surface area contributed by atoms with E-state index in [4.69, 9.17) is 4.74 Å². The van der Waals surface area contributed by atoms with Gasteiger partial charge in [-0.1, -0.05) is 13.0 Å². The first kappa shape index (κ1) is 13.6. The molecule has 0 amide bonds. The third-order valence-corrected chi connectivity index (χ3v) is 4.00. The summed E-state index contributed by atoms with van der Waals surface area (Å²) in [4.78, 5) is 13.8. The van der Waals surface area contributed by atoms with Gasteiger partial charge in [-0.2, -0.15) is 0 Å². The number of ether oxygens (including phenoxy) is 1. The van der Waals surface area contributed by atoms with Gasteiger partial charge in [-0.25, -0.2) is 0 Å². The zero-order chi connectivity index (χ0) is 13.1. The zero-order valence-corrected chi connectivity index (χ0v) is 12.4. The predicted octanol–water partition coefficient (Wildman–Crippen LogP) is 2.87. The molecular formula is C14H18BrNO2. The number of hydrogen-bond donors (Lipinski definition) is 0. The number of likely N-dealkylation sites (tertiary alicyclic amines) is 1. The van der Waals surface area contributed by atoms with Crippen molar-refractivity contribution >= 4 is 21.7 Å². The molecular weight excluding hydrogens is 294 g/mol. The van der Waals surface area contributed by atoms with Crippen molar-refractivity contribution in [3.05, 3.63) is 28.2 Å². The van der Waals surface area contributed by atoms with E-state index in [9.17, 15) is 4.79 Å². The van der Waals surface area contributed by atoms with E-state index in [-0.39, 0.29) is 5.92 Å². The van der Waals surface area contributed by atoms with Crippen LogP contribution in [-0.4, -0.2) is 30.9 Å². The minimum absolute atomic E-state index is 0.167. The molecule has 1 aliphatic heterocycles. The third-order valence-electron chi connectivity index (χ3n) is 3.38. The first-order valence-corrected chi connectivity index (χ1v) is 6.97. The lowest BCUT2D eigenvalue weighted by molar-refractivity contribution is -0.125. The molecule has 0 spiro atoms. The Labute approximate surface area is 116 Å². The van der Waals surface area contributed by atoms with E-state index in [1.807, 2.05) is 13.0 Å². The maximum Gasteiger partial charge on any atom is 0.138 e. The minimum Gasteiger partial charge on any atom is -0.496 e. The molecule has 2 rings (SSSR count). The van der Waals surface area contributed by atoms with E-state index >= 15 is 0 Å². The van der Waals surface area contributed by atoms with Gasteiger partial charge in [0.25, 0.3) is 0 Å². The molecule has 1 aliphatic rings. The van der Waals surface area contributed by atoms with Crippen LogP contribution in [0.15, 0.2) is 22.7 Å². The van der Waals surface area contributed by atoms with Crippen molar-refractivity contribution in [3.8, 4) is 5.75 Å². The fraction of sp³-hybridized carbons (Fsp3) is 0.500. The predicted molar refractivity (Wildman–Crippen MR) is 74.8 cm³/mol. The number of carbonyl (C=O) groups is 1. The molecule has 1 aromatic carbocycles. The summed E-state index contributed by atoms with van der Waals surface area (Å²) in [6.07, 6.45) is 0.679. The van der Waals surface area contributed by atoms with E-state index in [1.54, 1.807) is 7.11 Å². The molecule has 1 unspecified atom stereocenters. The minimum atomic E-state index is 0.167. The lowest BCUT2D eigenvalue weighted by Crippen LogP contribution is -2.38. The van der Waals surface area contributed by atoms with Gasteiger partial charge in [-0.05, 0) is 33.6 Å². The van der Waals surface area contributed by atoms with Gasteiger partial charge in [0.05, 0.1) is 11.6 Å². The van der Waals surface area contributed by atoms with Crippen LogP contribution in [0, 0.1) is 5.92 Å². The number of nitrogens with zero attached hydrogens (tertiary/aromatic N) is 1. The summed E-state index contributed by atoms with van der Waals surface area (Å²) < 4.78 is 6.19. The second-order valence-corrected chi connectivity index (χ2v) is 5.68. The summed E-state index contributed by atoms with van der Waals surface area (Å²) in [5.41, 5.74) is 1.24. The van der Waals surface area contributed by atoms with Gasteiger partial charge in [-0.15, -0.1) is 0 Å². The maximum atomic E-state index is 11.5. The van der Waals surface area contributed by atoms with Crippen LogP contribution in [0.3, 0.4) is 0 Å². The van der Waals surface area contributed by atoms with Crippen molar-refractivity contribution in [2.75, 3.05) is 20.2 Å². The van der Waals surface area contributed by atoms with Gasteiger partial charge in [0, 0.05) is 32.0 Å². The molecule has 4 heteroatoms. The van der Waals surface area contributed by atoms with Gasteiger partial charge in [0.15, 0.2) is 0 Å². The van der Waals surface area contributed by atoms with Crippen LogP contribution in [0.2, 0.25) is 0 Å². The van der Waals surface area contributed by atoms with Gasteiger partial charge in [-0.3, -0.25) is 9.69 Å².